The molecule has 0 bridgehead atoms. The van der Waals surface area contributed by atoms with Crippen LogP contribution < -0.4 is 0 Å². The summed E-state index contributed by atoms with van der Waals surface area (Å²) in [6.07, 6.45) is 0. The predicted octanol–water partition coefficient (Wildman–Crippen LogP) is 3.98. The molecule has 1 aromatic heterocycles. The summed E-state index contributed by atoms with van der Waals surface area (Å²) in [5.74, 6) is 2.41. The smallest absolute Gasteiger partial charge is 0.193 e. The van der Waals surface area contributed by atoms with Gasteiger partial charge in [0, 0.05) is 25.7 Å². The van der Waals surface area contributed by atoms with Gasteiger partial charge in [0.05, 0.1) is 6.54 Å². The fourth-order valence-electron chi connectivity index (χ4n) is 4.52. The highest BCUT2D eigenvalue weighted by molar-refractivity contribution is 6.28. The molecule has 0 unspecified atom stereocenters. The molecular weight excluding hydrogens is 308 g/mol. The van der Waals surface area contributed by atoms with Gasteiger partial charge in [-0.2, -0.15) is 0 Å². The SMILES string of the molecule is Cc1ccccc1[C@H]1[C@@H]2CN(Cc3ccc(Cl)o3)C[C@@H]2CN1C. The lowest BCUT2D eigenvalue weighted by Gasteiger charge is -2.27. The Morgan fingerprint density at radius 3 is 2.70 bits per heavy atom. The van der Waals surface area contributed by atoms with Crippen molar-refractivity contribution in [2.24, 2.45) is 11.8 Å². The molecule has 4 heteroatoms. The Balaban J connectivity index is 1.52. The van der Waals surface area contributed by atoms with E-state index in [-0.39, 0.29) is 0 Å². The Morgan fingerprint density at radius 2 is 1.96 bits per heavy atom. The molecule has 2 fully saturated rings. The van der Waals surface area contributed by atoms with Gasteiger partial charge < -0.3 is 4.42 Å². The molecular formula is C19H23ClN2O. The number of halogens is 1. The number of fused-ring (bicyclic) bond motifs is 1. The lowest BCUT2D eigenvalue weighted by atomic mass is 9.88. The number of furan rings is 1. The van der Waals surface area contributed by atoms with Gasteiger partial charge in [0.1, 0.15) is 5.76 Å². The van der Waals surface area contributed by atoms with Crippen molar-refractivity contribution in [2.75, 3.05) is 26.7 Å². The summed E-state index contributed by atoms with van der Waals surface area (Å²) in [5.41, 5.74) is 2.90. The number of likely N-dealkylation sites (tertiary alicyclic amines) is 2. The maximum atomic E-state index is 5.89. The molecule has 2 aliphatic rings. The van der Waals surface area contributed by atoms with Gasteiger partial charge in [-0.15, -0.1) is 0 Å². The molecule has 3 atom stereocenters. The van der Waals surface area contributed by atoms with E-state index in [2.05, 4.69) is 48.0 Å². The van der Waals surface area contributed by atoms with Crippen molar-refractivity contribution in [3.8, 4) is 0 Å². The second kappa shape index (κ2) is 5.97. The number of nitrogens with zero attached hydrogens (tertiary/aromatic N) is 2. The molecule has 4 rings (SSSR count). The summed E-state index contributed by atoms with van der Waals surface area (Å²) in [7, 11) is 2.27. The highest BCUT2D eigenvalue weighted by atomic mass is 35.5. The van der Waals surface area contributed by atoms with E-state index in [4.69, 9.17) is 16.0 Å². The lowest BCUT2D eigenvalue weighted by molar-refractivity contribution is 0.215. The first-order chi connectivity index (χ1) is 11.1. The number of aryl methyl sites for hydroxylation is 1. The van der Waals surface area contributed by atoms with Crippen molar-refractivity contribution in [3.63, 3.8) is 0 Å². The van der Waals surface area contributed by atoms with Crippen LogP contribution in [0.4, 0.5) is 0 Å². The van der Waals surface area contributed by atoms with Crippen LogP contribution in [0.15, 0.2) is 40.8 Å². The van der Waals surface area contributed by atoms with Crippen molar-refractivity contribution in [1.82, 2.24) is 9.80 Å². The van der Waals surface area contributed by atoms with Crippen LogP contribution in [0, 0.1) is 18.8 Å². The fourth-order valence-corrected chi connectivity index (χ4v) is 4.68. The molecule has 0 spiro atoms. The first-order valence-electron chi connectivity index (χ1n) is 8.34. The standard InChI is InChI=1S/C19H23ClN2O/c1-13-5-3-4-6-16(13)19-17-12-22(10-14(17)9-21(19)2)11-15-7-8-18(20)23-15/h3-8,14,17,19H,9-12H2,1-2H3/t14-,17+,19-/m0/s1. The zero-order valence-electron chi connectivity index (χ0n) is 13.7. The summed E-state index contributed by atoms with van der Waals surface area (Å²) >= 11 is 5.89. The summed E-state index contributed by atoms with van der Waals surface area (Å²) in [4.78, 5) is 5.06. The molecule has 2 aromatic rings. The molecule has 3 nitrogen and oxygen atoms in total. The van der Waals surface area contributed by atoms with E-state index in [0.717, 1.165) is 31.3 Å². The van der Waals surface area contributed by atoms with Crippen LogP contribution in [0.25, 0.3) is 0 Å². The van der Waals surface area contributed by atoms with Gasteiger partial charge in [-0.1, -0.05) is 24.3 Å². The van der Waals surface area contributed by atoms with E-state index < -0.39 is 0 Å². The van der Waals surface area contributed by atoms with Gasteiger partial charge in [0.15, 0.2) is 5.22 Å². The van der Waals surface area contributed by atoms with E-state index in [0.29, 0.717) is 17.2 Å². The monoisotopic (exact) mass is 330 g/mol. The third kappa shape index (κ3) is 2.82. The molecule has 122 valence electrons. The first-order valence-corrected chi connectivity index (χ1v) is 8.72. The number of hydrogen-bond donors (Lipinski definition) is 0. The third-order valence-corrected chi connectivity index (χ3v) is 5.69. The van der Waals surface area contributed by atoms with Crippen LogP contribution in [0.1, 0.15) is 22.9 Å². The molecule has 2 saturated heterocycles. The second-order valence-corrected chi connectivity index (χ2v) is 7.44. The average molecular weight is 331 g/mol. The maximum Gasteiger partial charge on any atom is 0.193 e. The van der Waals surface area contributed by atoms with Crippen molar-refractivity contribution in [3.05, 3.63) is 58.5 Å². The number of hydrogen-bond acceptors (Lipinski definition) is 3. The summed E-state index contributed by atoms with van der Waals surface area (Å²) in [5, 5.41) is 0.483. The third-order valence-electron chi connectivity index (χ3n) is 5.49. The van der Waals surface area contributed by atoms with E-state index >= 15 is 0 Å². The van der Waals surface area contributed by atoms with Gasteiger partial charge in [0.2, 0.25) is 0 Å². The van der Waals surface area contributed by atoms with Crippen LogP contribution in [0.3, 0.4) is 0 Å². The predicted molar refractivity (Wildman–Crippen MR) is 92.5 cm³/mol. The van der Waals surface area contributed by atoms with Crippen molar-refractivity contribution < 1.29 is 4.42 Å². The molecule has 2 aliphatic heterocycles. The molecule has 23 heavy (non-hydrogen) atoms. The van der Waals surface area contributed by atoms with Crippen LogP contribution in [0.5, 0.6) is 0 Å². The molecule has 0 saturated carbocycles. The Bertz CT molecular complexity index is 698. The van der Waals surface area contributed by atoms with E-state index in [1.54, 1.807) is 0 Å². The number of rotatable bonds is 3. The molecule has 0 radical (unpaired) electrons. The Morgan fingerprint density at radius 1 is 1.13 bits per heavy atom. The lowest BCUT2D eigenvalue weighted by Crippen LogP contribution is -2.29. The summed E-state index contributed by atoms with van der Waals surface area (Å²) < 4.78 is 5.53. The largest absolute Gasteiger partial charge is 0.448 e. The minimum absolute atomic E-state index is 0.483. The van der Waals surface area contributed by atoms with Gasteiger partial charge in [-0.25, -0.2) is 0 Å². The zero-order chi connectivity index (χ0) is 16.0. The second-order valence-electron chi connectivity index (χ2n) is 7.06. The highest BCUT2D eigenvalue weighted by Crippen LogP contribution is 2.45. The van der Waals surface area contributed by atoms with Gasteiger partial charge in [-0.05, 0) is 60.7 Å². The average Bonchev–Trinajstić information content (AvgIpc) is 3.15. The summed E-state index contributed by atoms with van der Waals surface area (Å²) in [6.45, 7) is 6.55. The summed E-state index contributed by atoms with van der Waals surface area (Å²) in [6, 6.07) is 13.2. The van der Waals surface area contributed by atoms with Gasteiger partial charge >= 0.3 is 0 Å². The van der Waals surface area contributed by atoms with Crippen LogP contribution in [-0.2, 0) is 6.54 Å². The molecule has 0 N–H and O–H groups in total. The molecule has 0 amide bonds. The number of benzene rings is 1. The maximum absolute atomic E-state index is 5.89. The van der Waals surface area contributed by atoms with Crippen LogP contribution >= 0.6 is 11.6 Å². The fraction of sp³-hybridized carbons (Fsp3) is 0.474. The van der Waals surface area contributed by atoms with Crippen molar-refractivity contribution >= 4 is 11.6 Å². The van der Waals surface area contributed by atoms with E-state index in [9.17, 15) is 0 Å². The van der Waals surface area contributed by atoms with Crippen LogP contribution in [0.2, 0.25) is 5.22 Å². The first kappa shape index (κ1) is 15.3. The van der Waals surface area contributed by atoms with E-state index in [1.807, 2.05) is 12.1 Å². The topological polar surface area (TPSA) is 19.6 Å². The van der Waals surface area contributed by atoms with E-state index in [1.165, 1.54) is 17.7 Å². The van der Waals surface area contributed by atoms with Crippen LogP contribution in [-0.4, -0.2) is 36.5 Å². The Kier molecular flexibility index (Phi) is 3.96. The van der Waals surface area contributed by atoms with Crippen molar-refractivity contribution in [2.45, 2.75) is 19.5 Å². The minimum Gasteiger partial charge on any atom is -0.448 e. The van der Waals surface area contributed by atoms with Gasteiger partial charge in [0.25, 0.3) is 0 Å². The quantitative estimate of drug-likeness (QED) is 0.848. The Hall–Kier alpha value is -1.29. The molecule has 0 aliphatic carbocycles. The highest BCUT2D eigenvalue weighted by Gasteiger charge is 2.46. The Labute approximate surface area is 142 Å². The minimum atomic E-state index is 0.483. The zero-order valence-corrected chi connectivity index (χ0v) is 14.5. The molecule has 1 aromatic carbocycles. The van der Waals surface area contributed by atoms with Gasteiger partial charge in [-0.3, -0.25) is 9.80 Å². The molecule has 3 heterocycles. The normalized spacial score (nSPS) is 28.4. The van der Waals surface area contributed by atoms with Crippen molar-refractivity contribution in [1.29, 1.82) is 0 Å².